The lowest BCUT2D eigenvalue weighted by atomic mass is 9.93. The molecule has 0 radical (unpaired) electrons. The molecular formula is C14H12BrN3. The fraction of sp³-hybridized carbons (Fsp3) is 0.0714. The van der Waals surface area contributed by atoms with E-state index in [4.69, 9.17) is 0 Å². The lowest BCUT2D eigenvalue weighted by Crippen LogP contribution is -2.05. The summed E-state index contributed by atoms with van der Waals surface area (Å²) >= 11 is 3.58. The van der Waals surface area contributed by atoms with Crippen LogP contribution in [0.4, 0.5) is 0 Å². The molecular weight excluding hydrogens is 290 g/mol. The first-order chi connectivity index (χ1) is 8.86. The molecule has 0 unspecified atom stereocenters. The molecule has 0 spiro atoms. The van der Waals surface area contributed by atoms with Gasteiger partial charge in [0.2, 0.25) is 0 Å². The maximum Gasteiger partial charge on any atom is 0.0653 e. The van der Waals surface area contributed by atoms with Crippen LogP contribution in [0.15, 0.2) is 59.6 Å². The smallest absolute Gasteiger partial charge is 0.0653 e. The SMILES string of the molecule is Brc1cnccc1C(c1ccc[nH]1)c1ccc[nH]1. The summed E-state index contributed by atoms with van der Waals surface area (Å²) in [4.78, 5) is 10.7. The van der Waals surface area contributed by atoms with E-state index in [0.29, 0.717) is 0 Å². The van der Waals surface area contributed by atoms with Crippen molar-refractivity contribution in [2.24, 2.45) is 0 Å². The normalized spacial score (nSPS) is 11.0. The van der Waals surface area contributed by atoms with Gasteiger partial charge in [0.15, 0.2) is 0 Å². The molecule has 0 saturated carbocycles. The third-order valence-electron chi connectivity index (χ3n) is 2.98. The molecule has 0 bridgehead atoms. The van der Waals surface area contributed by atoms with E-state index in [1.165, 1.54) is 5.56 Å². The zero-order valence-electron chi connectivity index (χ0n) is 9.60. The molecule has 0 aliphatic rings. The maximum atomic E-state index is 4.12. The highest BCUT2D eigenvalue weighted by molar-refractivity contribution is 9.10. The van der Waals surface area contributed by atoms with Crippen LogP contribution in [0.5, 0.6) is 0 Å². The molecule has 90 valence electrons. The third kappa shape index (κ3) is 1.99. The summed E-state index contributed by atoms with van der Waals surface area (Å²) < 4.78 is 1.01. The highest BCUT2D eigenvalue weighted by Gasteiger charge is 2.20. The van der Waals surface area contributed by atoms with Crippen molar-refractivity contribution in [2.75, 3.05) is 0 Å². The highest BCUT2D eigenvalue weighted by atomic mass is 79.9. The van der Waals surface area contributed by atoms with Gasteiger partial charge in [-0.3, -0.25) is 4.98 Å². The second-order valence-corrected chi connectivity index (χ2v) is 4.94. The topological polar surface area (TPSA) is 44.5 Å². The van der Waals surface area contributed by atoms with E-state index in [-0.39, 0.29) is 5.92 Å². The average Bonchev–Trinajstić information content (AvgIpc) is 3.05. The predicted octanol–water partition coefficient (Wildman–Crippen LogP) is 3.68. The van der Waals surface area contributed by atoms with Crippen LogP contribution in [-0.4, -0.2) is 15.0 Å². The van der Waals surface area contributed by atoms with Crippen LogP contribution in [-0.2, 0) is 0 Å². The summed E-state index contributed by atoms with van der Waals surface area (Å²) in [6.45, 7) is 0. The van der Waals surface area contributed by atoms with Gasteiger partial charge in [-0.15, -0.1) is 0 Å². The molecule has 0 aromatic carbocycles. The number of nitrogens with zero attached hydrogens (tertiary/aromatic N) is 1. The Bertz CT molecular complexity index is 580. The fourth-order valence-corrected chi connectivity index (χ4v) is 2.65. The van der Waals surface area contributed by atoms with E-state index in [1.807, 2.05) is 43.0 Å². The van der Waals surface area contributed by atoms with Gasteiger partial charge in [-0.1, -0.05) is 0 Å². The van der Waals surface area contributed by atoms with Gasteiger partial charge >= 0.3 is 0 Å². The first kappa shape index (κ1) is 11.3. The minimum absolute atomic E-state index is 0.160. The Kier molecular flexibility index (Phi) is 3.02. The van der Waals surface area contributed by atoms with Gasteiger partial charge in [0.25, 0.3) is 0 Å². The van der Waals surface area contributed by atoms with E-state index >= 15 is 0 Å². The number of aromatic amines is 2. The number of pyridine rings is 1. The second-order valence-electron chi connectivity index (χ2n) is 4.08. The first-order valence-electron chi connectivity index (χ1n) is 5.72. The average molecular weight is 302 g/mol. The van der Waals surface area contributed by atoms with Crippen molar-refractivity contribution >= 4 is 15.9 Å². The van der Waals surface area contributed by atoms with Crippen LogP contribution < -0.4 is 0 Å². The molecule has 3 nitrogen and oxygen atoms in total. The van der Waals surface area contributed by atoms with Crippen LogP contribution in [0.25, 0.3) is 0 Å². The zero-order chi connectivity index (χ0) is 12.4. The van der Waals surface area contributed by atoms with Crippen LogP contribution in [0.3, 0.4) is 0 Å². The summed E-state index contributed by atoms with van der Waals surface area (Å²) in [6.07, 6.45) is 7.54. The fourth-order valence-electron chi connectivity index (χ4n) is 2.17. The molecule has 0 atom stereocenters. The summed E-state index contributed by atoms with van der Waals surface area (Å²) in [5, 5.41) is 0. The van der Waals surface area contributed by atoms with E-state index < -0.39 is 0 Å². The Hall–Kier alpha value is -1.81. The van der Waals surface area contributed by atoms with E-state index in [2.05, 4.69) is 43.0 Å². The number of hydrogen-bond acceptors (Lipinski definition) is 1. The van der Waals surface area contributed by atoms with Gasteiger partial charge in [0.1, 0.15) is 0 Å². The number of halogens is 1. The largest absolute Gasteiger partial charge is 0.364 e. The van der Waals surface area contributed by atoms with Crippen molar-refractivity contribution in [3.8, 4) is 0 Å². The van der Waals surface area contributed by atoms with Gasteiger partial charge in [0, 0.05) is 40.6 Å². The van der Waals surface area contributed by atoms with E-state index in [1.54, 1.807) is 0 Å². The van der Waals surface area contributed by atoms with Crippen LogP contribution in [0.2, 0.25) is 0 Å². The molecule has 3 aromatic heterocycles. The third-order valence-corrected chi connectivity index (χ3v) is 3.64. The van der Waals surface area contributed by atoms with Crippen molar-refractivity contribution in [1.82, 2.24) is 15.0 Å². The van der Waals surface area contributed by atoms with Crippen molar-refractivity contribution in [2.45, 2.75) is 5.92 Å². The van der Waals surface area contributed by atoms with Crippen molar-refractivity contribution < 1.29 is 0 Å². The summed E-state index contributed by atoms with van der Waals surface area (Å²) in [5.41, 5.74) is 3.50. The van der Waals surface area contributed by atoms with Crippen molar-refractivity contribution in [3.63, 3.8) is 0 Å². The molecule has 18 heavy (non-hydrogen) atoms. The minimum atomic E-state index is 0.160. The molecule has 3 heterocycles. The molecule has 3 rings (SSSR count). The quantitative estimate of drug-likeness (QED) is 0.761. The number of aromatic nitrogens is 3. The Morgan fingerprint density at radius 3 is 2.17 bits per heavy atom. The lowest BCUT2D eigenvalue weighted by molar-refractivity contribution is 0.888. The molecule has 2 N–H and O–H groups in total. The molecule has 4 heteroatoms. The van der Waals surface area contributed by atoms with E-state index in [9.17, 15) is 0 Å². The predicted molar refractivity (Wildman–Crippen MR) is 74.5 cm³/mol. The number of nitrogens with one attached hydrogen (secondary N) is 2. The van der Waals surface area contributed by atoms with Gasteiger partial charge in [0.05, 0.1) is 5.92 Å². The van der Waals surface area contributed by atoms with Gasteiger partial charge < -0.3 is 9.97 Å². The highest BCUT2D eigenvalue weighted by Crippen LogP contribution is 2.33. The molecule has 0 amide bonds. The molecule has 0 fully saturated rings. The molecule has 0 aliphatic heterocycles. The Morgan fingerprint density at radius 1 is 1.00 bits per heavy atom. The van der Waals surface area contributed by atoms with E-state index in [0.717, 1.165) is 15.9 Å². The summed E-state index contributed by atoms with van der Waals surface area (Å²) in [6, 6.07) is 10.3. The summed E-state index contributed by atoms with van der Waals surface area (Å²) in [7, 11) is 0. The van der Waals surface area contributed by atoms with Crippen LogP contribution in [0.1, 0.15) is 22.9 Å². The summed E-state index contributed by atoms with van der Waals surface area (Å²) in [5.74, 6) is 0.160. The molecule has 0 saturated heterocycles. The Labute approximate surface area is 113 Å². The monoisotopic (exact) mass is 301 g/mol. The van der Waals surface area contributed by atoms with Crippen LogP contribution >= 0.6 is 15.9 Å². The number of rotatable bonds is 3. The minimum Gasteiger partial charge on any atom is -0.364 e. The molecule has 0 aliphatic carbocycles. The Balaban J connectivity index is 2.15. The van der Waals surface area contributed by atoms with Crippen molar-refractivity contribution in [1.29, 1.82) is 0 Å². The standard InChI is InChI=1S/C14H12BrN3/c15-11-9-16-8-5-10(11)14(12-3-1-6-17-12)13-4-2-7-18-13/h1-9,14,17-18H. The van der Waals surface area contributed by atoms with Crippen molar-refractivity contribution in [3.05, 3.63) is 76.5 Å². The molecule has 3 aromatic rings. The first-order valence-corrected chi connectivity index (χ1v) is 6.51. The maximum absolute atomic E-state index is 4.12. The Morgan fingerprint density at radius 2 is 1.67 bits per heavy atom. The van der Waals surface area contributed by atoms with Gasteiger partial charge in [-0.2, -0.15) is 0 Å². The van der Waals surface area contributed by atoms with Gasteiger partial charge in [-0.05, 0) is 51.8 Å². The second kappa shape index (κ2) is 4.82. The lowest BCUT2D eigenvalue weighted by Gasteiger charge is -2.16. The number of hydrogen-bond donors (Lipinski definition) is 2. The van der Waals surface area contributed by atoms with Crippen LogP contribution in [0, 0.1) is 0 Å². The van der Waals surface area contributed by atoms with Gasteiger partial charge in [-0.25, -0.2) is 0 Å². The number of H-pyrrole nitrogens is 2. The zero-order valence-corrected chi connectivity index (χ0v) is 11.2.